The SMILES string of the molecule is CCN1CCCC(C(C)NCCC#N)C1. The number of nitrogens with zero attached hydrogens (tertiary/aromatic N) is 2. The summed E-state index contributed by atoms with van der Waals surface area (Å²) >= 11 is 0. The van der Waals surface area contributed by atoms with Gasteiger partial charge in [0, 0.05) is 25.6 Å². The number of piperidine rings is 1. The monoisotopic (exact) mass is 209 g/mol. The molecule has 1 aliphatic heterocycles. The Morgan fingerprint density at radius 2 is 2.40 bits per heavy atom. The van der Waals surface area contributed by atoms with E-state index in [1.807, 2.05) is 0 Å². The first-order valence-electron chi connectivity index (χ1n) is 6.10. The standard InChI is InChI=1S/C12H23N3/c1-3-15-9-4-6-12(10-15)11(2)14-8-5-7-13/h11-12,14H,3-6,8-10H2,1-2H3. The van der Waals surface area contributed by atoms with E-state index in [1.54, 1.807) is 0 Å². The number of likely N-dealkylation sites (tertiary alicyclic amines) is 1. The lowest BCUT2D eigenvalue weighted by Crippen LogP contribution is -2.44. The summed E-state index contributed by atoms with van der Waals surface area (Å²) in [5, 5.41) is 11.9. The first-order valence-corrected chi connectivity index (χ1v) is 6.10. The summed E-state index contributed by atoms with van der Waals surface area (Å²) < 4.78 is 0. The Kier molecular flexibility index (Phi) is 5.67. The molecule has 2 atom stereocenters. The molecule has 3 heteroatoms. The maximum atomic E-state index is 8.47. The molecular weight excluding hydrogens is 186 g/mol. The highest BCUT2D eigenvalue weighted by molar-refractivity contribution is 4.81. The average molecular weight is 209 g/mol. The first-order chi connectivity index (χ1) is 7.27. The van der Waals surface area contributed by atoms with E-state index in [0.29, 0.717) is 12.5 Å². The quantitative estimate of drug-likeness (QED) is 0.699. The third-order valence-corrected chi connectivity index (χ3v) is 3.40. The van der Waals surface area contributed by atoms with Crippen LogP contribution in [0.15, 0.2) is 0 Å². The van der Waals surface area contributed by atoms with E-state index in [-0.39, 0.29) is 0 Å². The fraction of sp³-hybridized carbons (Fsp3) is 0.917. The minimum absolute atomic E-state index is 0.549. The van der Waals surface area contributed by atoms with E-state index < -0.39 is 0 Å². The topological polar surface area (TPSA) is 39.1 Å². The van der Waals surface area contributed by atoms with Crippen LogP contribution in [0.1, 0.15) is 33.1 Å². The molecule has 2 unspecified atom stereocenters. The fourth-order valence-electron chi connectivity index (χ4n) is 2.31. The Morgan fingerprint density at radius 3 is 3.07 bits per heavy atom. The summed E-state index contributed by atoms with van der Waals surface area (Å²) in [6.07, 6.45) is 3.27. The predicted molar refractivity (Wildman–Crippen MR) is 62.5 cm³/mol. The van der Waals surface area contributed by atoms with E-state index in [9.17, 15) is 0 Å². The highest BCUT2D eigenvalue weighted by Gasteiger charge is 2.23. The van der Waals surface area contributed by atoms with Crippen molar-refractivity contribution in [1.82, 2.24) is 10.2 Å². The van der Waals surface area contributed by atoms with Gasteiger partial charge in [-0.05, 0) is 38.8 Å². The van der Waals surface area contributed by atoms with Crippen LogP contribution in [-0.2, 0) is 0 Å². The van der Waals surface area contributed by atoms with Crippen molar-refractivity contribution in [3.05, 3.63) is 0 Å². The van der Waals surface area contributed by atoms with Crippen molar-refractivity contribution in [3.8, 4) is 6.07 Å². The molecule has 0 aliphatic carbocycles. The van der Waals surface area contributed by atoms with Crippen molar-refractivity contribution in [2.75, 3.05) is 26.2 Å². The average Bonchev–Trinajstić information content (AvgIpc) is 2.29. The van der Waals surface area contributed by atoms with Crippen LogP contribution < -0.4 is 5.32 Å². The Bertz CT molecular complexity index is 209. The number of nitrogens with one attached hydrogen (secondary N) is 1. The Balaban J connectivity index is 2.26. The van der Waals surface area contributed by atoms with Crippen molar-refractivity contribution in [2.24, 2.45) is 5.92 Å². The number of nitriles is 1. The van der Waals surface area contributed by atoms with Crippen LogP contribution >= 0.6 is 0 Å². The van der Waals surface area contributed by atoms with Gasteiger partial charge in [-0.15, -0.1) is 0 Å². The third kappa shape index (κ3) is 4.19. The van der Waals surface area contributed by atoms with Gasteiger partial charge in [0.25, 0.3) is 0 Å². The van der Waals surface area contributed by atoms with Crippen molar-refractivity contribution in [2.45, 2.75) is 39.2 Å². The van der Waals surface area contributed by atoms with E-state index in [0.717, 1.165) is 12.5 Å². The van der Waals surface area contributed by atoms with Crippen molar-refractivity contribution >= 4 is 0 Å². The molecule has 15 heavy (non-hydrogen) atoms. The van der Waals surface area contributed by atoms with E-state index in [2.05, 4.69) is 30.1 Å². The largest absolute Gasteiger partial charge is 0.313 e. The molecule has 3 nitrogen and oxygen atoms in total. The maximum absolute atomic E-state index is 8.47. The second-order valence-corrected chi connectivity index (χ2v) is 4.45. The first kappa shape index (κ1) is 12.5. The molecule has 0 aromatic rings. The third-order valence-electron chi connectivity index (χ3n) is 3.40. The van der Waals surface area contributed by atoms with Crippen molar-refractivity contribution in [1.29, 1.82) is 5.26 Å². The molecule has 0 spiro atoms. The zero-order valence-corrected chi connectivity index (χ0v) is 10.00. The summed E-state index contributed by atoms with van der Waals surface area (Å²) in [6.45, 7) is 8.97. The van der Waals surface area contributed by atoms with E-state index in [4.69, 9.17) is 5.26 Å². The molecular formula is C12H23N3. The summed E-state index contributed by atoms with van der Waals surface area (Å²) in [5.41, 5.74) is 0. The van der Waals surface area contributed by atoms with Gasteiger partial charge in [0.05, 0.1) is 6.07 Å². The van der Waals surface area contributed by atoms with Crippen molar-refractivity contribution in [3.63, 3.8) is 0 Å². The fourth-order valence-corrected chi connectivity index (χ4v) is 2.31. The molecule has 1 fully saturated rings. The number of rotatable bonds is 5. The van der Waals surface area contributed by atoms with Gasteiger partial charge in [-0.1, -0.05) is 6.92 Å². The zero-order valence-electron chi connectivity index (χ0n) is 10.00. The van der Waals surface area contributed by atoms with Crippen LogP contribution in [0.5, 0.6) is 0 Å². The second-order valence-electron chi connectivity index (χ2n) is 4.45. The molecule has 0 aromatic heterocycles. The van der Waals surface area contributed by atoms with Gasteiger partial charge in [-0.25, -0.2) is 0 Å². The zero-order chi connectivity index (χ0) is 11.1. The summed E-state index contributed by atoms with van der Waals surface area (Å²) in [7, 11) is 0. The predicted octanol–water partition coefficient (Wildman–Crippen LogP) is 1.61. The van der Waals surface area contributed by atoms with Gasteiger partial charge in [0.1, 0.15) is 0 Å². The van der Waals surface area contributed by atoms with Crippen LogP contribution in [0.4, 0.5) is 0 Å². The highest BCUT2D eigenvalue weighted by Crippen LogP contribution is 2.19. The van der Waals surface area contributed by atoms with Gasteiger partial charge in [0.2, 0.25) is 0 Å². The van der Waals surface area contributed by atoms with Crippen LogP contribution in [0.2, 0.25) is 0 Å². The second kappa shape index (κ2) is 6.81. The normalized spacial score (nSPS) is 24.7. The van der Waals surface area contributed by atoms with E-state index in [1.165, 1.54) is 32.5 Å². The molecule has 0 radical (unpaired) electrons. The molecule has 1 N–H and O–H groups in total. The lowest BCUT2D eigenvalue weighted by molar-refractivity contribution is 0.157. The summed E-state index contributed by atoms with van der Waals surface area (Å²) in [5.74, 6) is 0.761. The molecule has 86 valence electrons. The summed E-state index contributed by atoms with van der Waals surface area (Å²) in [4.78, 5) is 2.52. The Labute approximate surface area is 93.5 Å². The van der Waals surface area contributed by atoms with E-state index >= 15 is 0 Å². The number of hydrogen-bond donors (Lipinski definition) is 1. The van der Waals surface area contributed by atoms with Crippen LogP contribution in [0.25, 0.3) is 0 Å². The van der Waals surface area contributed by atoms with Gasteiger partial charge in [-0.3, -0.25) is 0 Å². The molecule has 0 saturated carbocycles. The lowest BCUT2D eigenvalue weighted by Gasteiger charge is -2.35. The smallest absolute Gasteiger partial charge is 0.0635 e. The molecule has 1 aliphatic rings. The Hall–Kier alpha value is -0.590. The maximum Gasteiger partial charge on any atom is 0.0635 e. The lowest BCUT2D eigenvalue weighted by atomic mass is 9.91. The highest BCUT2D eigenvalue weighted by atomic mass is 15.1. The minimum Gasteiger partial charge on any atom is -0.313 e. The van der Waals surface area contributed by atoms with Gasteiger partial charge < -0.3 is 10.2 Å². The molecule has 0 amide bonds. The Morgan fingerprint density at radius 1 is 1.60 bits per heavy atom. The van der Waals surface area contributed by atoms with Crippen LogP contribution in [0.3, 0.4) is 0 Å². The van der Waals surface area contributed by atoms with Crippen LogP contribution in [-0.4, -0.2) is 37.1 Å². The molecule has 1 rings (SSSR count). The molecule has 1 heterocycles. The van der Waals surface area contributed by atoms with Gasteiger partial charge in [0.15, 0.2) is 0 Å². The van der Waals surface area contributed by atoms with Gasteiger partial charge >= 0.3 is 0 Å². The summed E-state index contributed by atoms with van der Waals surface area (Å²) in [6, 6.07) is 2.72. The molecule has 0 bridgehead atoms. The van der Waals surface area contributed by atoms with Gasteiger partial charge in [-0.2, -0.15) is 5.26 Å². The molecule has 0 aromatic carbocycles. The van der Waals surface area contributed by atoms with Crippen LogP contribution in [0, 0.1) is 17.2 Å². The van der Waals surface area contributed by atoms with Crippen molar-refractivity contribution < 1.29 is 0 Å². The minimum atomic E-state index is 0.549. The molecule has 1 saturated heterocycles. The number of hydrogen-bond acceptors (Lipinski definition) is 3.